The molecule has 0 bridgehead atoms. The largest absolute Gasteiger partial charge is 0.469 e. The van der Waals surface area contributed by atoms with Crippen LogP contribution >= 0.6 is 0 Å². The topological polar surface area (TPSA) is 68.9 Å². The molecule has 0 aliphatic heterocycles. The van der Waals surface area contributed by atoms with Gasteiger partial charge in [0.1, 0.15) is 5.76 Å². The Morgan fingerprint density at radius 3 is 3.00 bits per heavy atom. The van der Waals surface area contributed by atoms with Gasteiger partial charge in [-0.3, -0.25) is 4.28 Å². The van der Waals surface area contributed by atoms with Crippen molar-refractivity contribution in [3.63, 3.8) is 0 Å². The van der Waals surface area contributed by atoms with E-state index in [-0.39, 0.29) is 0 Å². The molecule has 0 radical (unpaired) electrons. The van der Waals surface area contributed by atoms with E-state index in [1.54, 1.807) is 12.3 Å². The first-order chi connectivity index (χ1) is 7.06. The van der Waals surface area contributed by atoms with Crippen LogP contribution in [0.1, 0.15) is 24.2 Å². The molecule has 15 heavy (non-hydrogen) atoms. The normalized spacial score (nSPS) is 18.9. The van der Waals surface area contributed by atoms with E-state index in [4.69, 9.17) is 4.42 Å². The third-order valence-electron chi connectivity index (χ3n) is 2.16. The lowest BCUT2D eigenvalue weighted by Gasteiger charge is -2.11. The van der Waals surface area contributed by atoms with Gasteiger partial charge in [-0.15, -0.1) is 0 Å². The predicted molar refractivity (Wildman–Crippen MR) is 54.1 cm³/mol. The number of rotatable bonds is 2. The molecule has 5 nitrogen and oxygen atoms in total. The summed E-state index contributed by atoms with van der Waals surface area (Å²) in [6.07, 6.45) is 5.01. The average Bonchev–Trinajstić information content (AvgIpc) is 2.61. The molecule has 0 spiro atoms. The van der Waals surface area contributed by atoms with Gasteiger partial charge < -0.3 is 4.42 Å². The van der Waals surface area contributed by atoms with Crippen LogP contribution in [0.25, 0.3) is 0 Å². The number of fused-ring (bicyclic) bond motifs is 1. The van der Waals surface area contributed by atoms with Crippen LogP contribution in [0.2, 0.25) is 0 Å². The van der Waals surface area contributed by atoms with Crippen LogP contribution in [-0.2, 0) is 20.8 Å². The van der Waals surface area contributed by atoms with Crippen molar-refractivity contribution in [3.05, 3.63) is 23.7 Å². The second kappa shape index (κ2) is 3.69. The Labute approximate surface area is 87.8 Å². The van der Waals surface area contributed by atoms with Crippen LogP contribution in [0, 0.1) is 0 Å². The van der Waals surface area contributed by atoms with Crippen LogP contribution < -0.4 is 0 Å². The summed E-state index contributed by atoms with van der Waals surface area (Å²) in [6.45, 7) is 0. The smallest absolute Gasteiger partial charge is 0.325 e. The first-order valence-electron chi connectivity index (χ1n) is 4.58. The molecule has 0 aromatic carbocycles. The molecule has 1 aliphatic rings. The lowest BCUT2D eigenvalue weighted by atomic mass is 9.97. The first-order valence-corrected chi connectivity index (χ1v) is 6.40. The molecule has 82 valence electrons. The Morgan fingerprint density at radius 1 is 1.47 bits per heavy atom. The van der Waals surface area contributed by atoms with Gasteiger partial charge in [-0.25, -0.2) is 0 Å². The predicted octanol–water partition coefficient (Wildman–Crippen LogP) is 1.30. The SMILES string of the molecule is CS(=O)(=O)O/N=C1\CCCc2occc21. The third-order valence-corrected chi connectivity index (χ3v) is 2.50. The van der Waals surface area contributed by atoms with E-state index in [0.29, 0.717) is 12.1 Å². The molecule has 0 saturated heterocycles. The maximum atomic E-state index is 10.8. The highest BCUT2D eigenvalue weighted by Crippen LogP contribution is 2.22. The van der Waals surface area contributed by atoms with Gasteiger partial charge in [-0.2, -0.15) is 8.42 Å². The second-order valence-electron chi connectivity index (χ2n) is 3.43. The second-order valence-corrected chi connectivity index (χ2v) is 4.98. The Hall–Kier alpha value is -1.30. The zero-order valence-corrected chi connectivity index (χ0v) is 9.08. The van der Waals surface area contributed by atoms with Crippen molar-refractivity contribution in [1.29, 1.82) is 0 Å². The van der Waals surface area contributed by atoms with Gasteiger partial charge in [0.2, 0.25) is 0 Å². The maximum absolute atomic E-state index is 10.8. The van der Waals surface area contributed by atoms with Gasteiger partial charge in [-0.1, -0.05) is 5.16 Å². The van der Waals surface area contributed by atoms with Gasteiger partial charge in [0.05, 0.1) is 18.2 Å². The molecular weight excluding hydrogens is 218 g/mol. The maximum Gasteiger partial charge on any atom is 0.325 e. The van der Waals surface area contributed by atoms with E-state index >= 15 is 0 Å². The molecule has 0 saturated carbocycles. The highest BCUT2D eigenvalue weighted by atomic mass is 32.2. The quantitative estimate of drug-likeness (QED) is 0.717. The fourth-order valence-electron chi connectivity index (χ4n) is 1.55. The molecule has 2 rings (SSSR count). The van der Waals surface area contributed by atoms with E-state index in [1.165, 1.54) is 0 Å². The third kappa shape index (κ3) is 2.38. The summed E-state index contributed by atoms with van der Waals surface area (Å²) in [5.74, 6) is 0.845. The summed E-state index contributed by atoms with van der Waals surface area (Å²) in [5, 5.41) is 3.64. The van der Waals surface area contributed by atoms with Crippen LogP contribution in [-0.4, -0.2) is 20.4 Å². The van der Waals surface area contributed by atoms with Gasteiger partial charge in [0.15, 0.2) is 0 Å². The van der Waals surface area contributed by atoms with Crippen LogP contribution in [0.5, 0.6) is 0 Å². The minimum Gasteiger partial charge on any atom is -0.469 e. The molecule has 1 aliphatic carbocycles. The summed E-state index contributed by atoms with van der Waals surface area (Å²) >= 11 is 0. The van der Waals surface area contributed by atoms with Crippen molar-refractivity contribution in [2.24, 2.45) is 5.16 Å². The standard InChI is InChI=1S/C9H11NO4S/c1-15(11,12)14-10-8-3-2-4-9-7(8)5-6-13-9/h5-6H,2-4H2,1H3/b10-8+. The minimum atomic E-state index is -3.53. The highest BCUT2D eigenvalue weighted by molar-refractivity contribution is 7.85. The van der Waals surface area contributed by atoms with Crippen molar-refractivity contribution in [3.8, 4) is 0 Å². The monoisotopic (exact) mass is 229 g/mol. The Kier molecular flexibility index (Phi) is 2.52. The fraction of sp³-hybridized carbons (Fsp3) is 0.444. The van der Waals surface area contributed by atoms with E-state index in [0.717, 1.165) is 30.4 Å². The van der Waals surface area contributed by atoms with E-state index < -0.39 is 10.1 Å². The van der Waals surface area contributed by atoms with Gasteiger partial charge in [0.25, 0.3) is 0 Å². The molecule has 0 fully saturated rings. The van der Waals surface area contributed by atoms with Crippen molar-refractivity contribution >= 4 is 15.8 Å². The minimum absolute atomic E-state index is 0.635. The van der Waals surface area contributed by atoms with E-state index in [9.17, 15) is 8.42 Å². The molecule has 0 N–H and O–H groups in total. The molecule has 1 aromatic heterocycles. The van der Waals surface area contributed by atoms with E-state index in [2.05, 4.69) is 9.44 Å². The molecule has 0 atom stereocenters. The van der Waals surface area contributed by atoms with Crippen molar-refractivity contribution in [1.82, 2.24) is 0 Å². The number of hydrogen-bond donors (Lipinski definition) is 0. The zero-order valence-electron chi connectivity index (χ0n) is 8.26. The summed E-state index contributed by atoms with van der Waals surface area (Å²) < 4.78 is 31.2. The lowest BCUT2D eigenvalue weighted by molar-refractivity contribution is 0.341. The summed E-state index contributed by atoms with van der Waals surface area (Å²) in [4.78, 5) is 0. The highest BCUT2D eigenvalue weighted by Gasteiger charge is 2.19. The number of nitrogens with zero attached hydrogens (tertiary/aromatic N) is 1. The average molecular weight is 229 g/mol. The zero-order chi connectivity index (χ0) is 10.9. The van der Waals surface area contributed by atoms with Crippen molar-refractivity contribution < 1.29 is 17.1 Å². The first kappa shape index (κ1) is 10.2. The number of aryl methyl sites for hydroxylation is 1. The summed E-state index contributed by atoms with van der Waals surface area (Å²) in [7, 11) is -3.53. The molecule has 0 unspecified atom stereocenters. The van der Waals surface area contributed by atoms with Crippen LogP contribution in [0.15, 0.2) is 21.9 Å². The Bertz CT molecular complexity index is 486. The number of oxime groups is 1. The van der Waals surface area contributed by atoms with Crippen molar-refractivity contribution in [2.75, 3.05) is 6.26 Å². The molecule has 1 heterocycles. The molecular formula is C9H11NO4S. The summed E-state index contributed by atoms with van der Waals surface area (Å²) in [6, 6.07) is 1.78. The Balaban J connectivity index is 2.26. The van der Waals surface area contributed by atoms with Crippen LogP contribution in [0.3, 0.4) is 0 Å². The fourth-order valence-corrected chi connectivity index (χ4v) is 1.78. The van der Waals surface area contributed by atoms with Crippen molar-refractivity contribution in [2.45, 2.75) is 19.3 Å². The van der Waals surface area contributed by atoms with Crippen LogP contribution in [0.4, 0.5) is 0 Å². The number of furan rings is 1. The van der Waals surface area contributed by atoms with Gasteiger partial charge >= 0.3 is 10.1 Å². The van der Waals surface area contributed by atoms with Gasteiger partial charge in [0, 0.05) is 12.0 Å². The summed E-state index contributed by atoms with van der Waals surface area (Å²) in [5.41, 5.74) is 1.49. The Morgan fingerprint density at radius 2 is 2.27 bits per heavy atom. The molecule has 0 amide bonds. The molecule has 6 heteroatoms. The van der Waals surface area contributed by atoms with Gasteiger partial charge in [-0.05, 0) is 18.9 Å². The number of hydrogen-bond acceptors (Lipinski definition) is 5. The van der Waals surface area contributed by atoms with E-state index in [1.807, 2.05) is 0 Å². The lowest BCUT2D eigenvalue weighted by Crippen LogP contribution is -2.11. The molecule has 1 aromatic rings.